The molecule has 1 aromatic heterocycles. The molecule has 0 fully saturated rings. The number of thiophene rings is 1. The zero-order valence-corrected chi connectivity index (χ0v) is 39.7. The van der Waals surface area contributed by atoms with E-state index >= 15 is 0 Å². The number of benzene rings is 12. The van der Waals surface area contributed by atoms with Crippen LogP contribution in [0.2, 0.25) is 0 Å². The number of hydrogen-bond donors (Lipinski definition) is 0. The van der Waals surface area contributed by atoms with Crippen LogP contribution >= 0.6 is 11.3 Å². The van der Waals surface area contributed by atoms with Crippen molar-refractivity contribution in [1.29, 1.82) is 0 Å². The molecule has 14 rings (SSSR count). The molecule has 0 aliphatic heterocycles. The number of anilines is 3. The minimum absolute atomic E-state index is 0.544. The molecule has 12 aromatic carbocycles. The van der Waals surface area contributed by atoms with Crippen LogP contribution in [-0.2, 0) is 5.41 Å². The number of fused-ring (bicyclic) bond motifs is 8. The minimum atomic E-state index is -0.544. The first kappa shape index (κ1) is 41.2. The van der Waals surface area contributed by atoms with E-state index in [1.54, 1.807) is 0 Å². The lowest BCUT2D eigenvalue weighted by Gasteiger charge is -2.35. The average Bonchev–Trinajstić information content (AvgIpc) is 3.98. The van der Waals surface area contributed by atoms with Gasteiger partial charge in [-0.2, -0.15) is 0 Å². The van der Waals surface area contributed by atoms with Crippen LogP contribution in [0, 0.1) is 0 Å². The van der Waals surface area contributed by atoms with Crippen molar-refractivity contribution >= 4 is 70.1 Å². The van der Waals surface area contributed by atoms with Crippen LogP contribution in [0.5, 0.6) is 0 Å². The molecule has 1 nitrogen and oxygen atoms in total. The molecule has 0 N–H and O–H groups in total. The SMILES string of the molecule is c1ccc(C2(c3ccccc3)c3ccccc3-c3ccc(N(c4ccc(-c5cccc(-c6cccc7ccccc67)c5)cc4)c4ccc(-c5cccc6ccccc56)c5sc6ccccc6c45)cc32)cc1. The fraction of sp³-hybridized carbons (Fsp3) is 0.0145. The van der Waals surface area contributed by atoms with Crippen LogP contribution in [0.4, 0.5) is 17.1 Å². The molecule has 1 aliphatic rings. The van der Waals surface area contributed by atoms with E-state index in [0.717, 1.165) is 17.1 Å². The summed E-state index contributed by atoms with van der Waals surface area (Å²) in [5.74, 6) is 0. The highest BCUT2D eigenvalue weighted by molar-refractivity contribution is 7.26. The van der Waals surface area contributed by atoms with Gasteiger partial charge in [0.2, 0.25) is 0 Å². The molecule has 0 amide bonds. The smallest absolute Gasteiger partial charge is 0.0714 e. The topological polar surface area (TPSA) is 3.24 Å². The molecule has 0 saturated carbocycles. The van der Waals surface area contributed by atoms with Crippen molar-refractivity contribution in [3.05, 3.63) is 295 Å². The first-order valence-electron chi connectivity index (χ1n) is 24.5. The van der Waals surface area contributed by atoms with E-state index in [1.165, 1.54) is 108 Å². The van der Waals surface area contributed by atoms with Crippen LogP contribution in [0.1, 0.15) is 22.3 Å². The van der Waals surface area contributed by atoms with E-state index in [1.807, 2.05) is 11.3 Å². The van der Waals surface area contributed by atoms with Crippen LogP contribution < -0.4 is 4.90 Å². The van der Waals surface area contributed by atoms with E-state index < -0.39 is 5.41 Å². The van der Waals surface area contributed by atoms with Gasteiger partial charge < -0.3 is 4.90 Å². The van der Waals surface area contributed by atoms with Crippen LogP contribution in [0.3, 0.4) is 0 Å². The molecule has 0 bridgehead atoms. The van der Waals surface area contributed by atoms with Gasteiger partial charge in [-0.05, 0) is 125 Å². The highest BCUT2D eigenvalue weighted by Crippen LogP contribution is 2.58. The minimum Gasteiger partial charge on any atom is -0.310 e. The Morgan fingerprint density at radius 3 is 1.59 bits per heavy atom. The zero-order chi connectivity index (χ0) is 46.9. The molecule has 13 aromatic rings. The molecular formula is C69H45NS. The number of rotatable bonds is 8. The third kappa shape index (κ3) is 6.53. The summed E-state index contributed by atoms with van der Waals surface area (Å²) in [6, 6.07) is 101. The predicted molar refractivity (Wildman–Crippen MR) is 303 cm³/mol. The fourth-order valence-electron chi connectivity index (χ4n) is 11.8. The third-order valence-corrected chi connectivity index (χ3v) is 16.2. The first-order valence-corrected chi connectivity index (χ1v) is 25.3. The average molecular weight is 920 g/mol. The summed E-state index contributed by atoms with van der Waals surface area (Å²) in [6.07, 6.45) is 0. The Balaban J connectivity index is 1.01. The summed E-state index contributed by atoms with van der Waals surface area (Å²) in [4.78, 5) is 2.52. The van der Waals surface area contributed by atoms with Crippen molar-refractivity contribution < 1.29 is 0 Å². The van der Waals surface area contributed by atoms with Gasteiger partial charge in [-0.15, -0.1) is 11.3 Å². The normalized spacial score (nSPS) is 12.6. The molecule has 332 valence electrons. The molecule has 0 saturated heterocycles. The quantitative estimate of drug-likeness (QED) is 0.147. The van der Waals surface area contributed by atoms with Crippen molar-refractivity contribution in [3.8, 4) is 44.5 Å². The Morgan fingerprint density at radius 1 is 0.310 bits per heavy atom. The molecule has 0 atom stereocenters. The molecule has 71 heavy (non-hydrogen) atoms. The van der Waals surface area contributed by atoms with Crippen molar-refractivity contribution in [3.63, 3.8) is 0 Å². The van der Waals surface area contributed by atoms with Gasteiger partial charge in [-0.3, -0.25) is 0 Å². The molecule has 1 heterocycles. The second-order valence-electron chi connectivity index (χ2n) is 18.7. The highest BCUT2D eigenvalue weighted by Gasteiger charge is 2.46. The van der Waals surface area contributed by atoms with Crippen molar-refractivity contribution in [2.45, 2.75) is 5.41 Å². The molecule has 0 unspecified atom stereocenters. The Bertz CT molecular complexity index is 4120. The molecule has 1 aliphatic carbocycles. The summed E-state index contributed by atoms with van der Waals surface area (Å²) in [5, 5.41) is 7.52. The van der Waals surface area contributed by atoms with Crippen LogP contribution in [-0.4, -0.2) is 0 Å². The van der Waals surface area contributed by atoms with E-state index in [-0.39, 0.29) is 0 Å². The fourth-order valence-corrected chi connectivity index (χ4v) is 13.1. The third-order valence-electron chi connectivity index (χ3n) is 14.9. The standard InChI is InChI=1S/C69H45NS/c1-3-24-51(25-4-1)69(52-26-5-2-6-27-52)63-34-13-11-30-59(63)60-41-40-54(45-64(60)69)70(53-38-36-46(37-39-53)49-22-15-23-50(44-49)57-32-16-20-47-18-7-9-28-55(47)57)65-43-42-61(58-33-17-21-48-19-8-10-29-56(48)58)68-67(65)62-31-12-14-35-66(62)71-68/h1-45H. The summed E-state index contributed by atoms with van der Waals surface area (Å²) >= 11 is 1.89. The second-order valence-corrected chi connectivity index (χ2v) is 19.8. The summed E-state index contributed by atoms with van der Waals surface area (Å²) in [7, 11) is 0. The molecular weight excluding hydrogens is 875 g/mol. The van der Waals surface area contributed by atoms with Gasteiger partial charge in [-0.25, -0.2) is 0 Å². The molecule has 0 spiro atoms. The lowest BCUT2D eigenvalue weighted by Crippen LogP contribution is -2.28. The van der Waals surface area contributed by atoms with E-state index in [0.29, 0.717) is 0 Å². The maximum absolute atomic E-state index is 2.52. The zero-order valence-electron chi connectivity index (χ0n) is 38.8. The summed E-state index contributed by atoms with van der Waals surface area (Å²) in [5.41, 5.74) is 17.7. The maximum Gasteiger partial charge on any atom is 0.0714 e. The van der Waals surface area contributed by atoms with Crippen LogP contribution in [0.25, 0.3) is 86.2 Å². The summed E-state index contributed by atoms with van der Waals surface area (Å²) in [6.45, 7) is 0. The lowest BCUT2D eigenvalue weighted by molar-refractivity contribution is 0.768. The Morgan fingerprint density at radius 2 is 0.845 bits per heavy atom. The van der Waals surface area contributed by atoms with Gasteiger partial charge in [-0.1, -0.05) is 231 Å². The largest absolute Gasteiger partial charge is 0.310 e. The van der Waals surface area contributed by atoms with Crippen LogP contribution in [0.15, 0.2) is 273 Å². The van der Waals surface area contributed by atoms with Gasteiger partial charge in [0.1, 0.15) is 0 Å². The Kier molecular flexibility index (Phi) is 9.69. The van der Waals surface area contributed by atoms with E-state index in [9.17, 15) is 0 Å². The monoisotopic (exact) mass is 919 g/mol. The predicted octanol–water partition coefficient (Wildman–Crippen LogP) is 19.2. The first-order chi connectivity index (χ1) is 35.2. The van der Waals surface area contributed by atoms with Gasteiger partial charge in [0, 0.05) is 37.1 Å². The van der Waals surface area contributed by atoms with E-state index in [2.05, 4.69) is 278 Å². The summed E-state index contributed by atoms with van der Waals surface area (Å²) < 4.78 is 2.55. The maximum atomic E-state index is 2.52. The van der Waals surface area contributed by atoms with Gasteiger partial charge >= 0.3 is 0 Å². The van der Waals surface area contributed by atoms with Gasteiger partial charge in [0.15, 0.2) is 0 Å². The highest BCUT2D eigenvalue weighted by atomic mass is 32.1. The Labute approximate surface area is 417 Å². The lowest BCUT2D eigenvalue weighted by atomic mass is 9.67. The van der Waals surface area contributed by atoms with Crippen molar-refractivity contribution in [1.82, 2.24) is 0 Å². The van der Waals surface area contributed by atoms with Crippen molar-refractivity contribution in [2.24, 2.45) is 0 Å². The van der Waals surface area contributed by atoms with E-state index in [4.69, 9.17) is 0 Å². The molecule has 2 heteroatoms. The number of nitrogens with zero attached hydrogens (tertiary/aromatic N) is 1. The second kappa shape index (κ2) is 16.7. The Hall–Kier alpha value is -8.82. The van der Waals surface area contributed by atoms with Gasteiger partial charge in [0.25, 0.3) is 0 Å². The number of hydrogen-bond acceptors (Lipinski definition) is 2. The van der Waals surface area contributed by atoms with Gasteiger partial charge in [0.05, 0.1) is 11.1 Å². The van der Waals surface area contributed by atoms with Crippen molar-refractivity contribution in [2.75, 3.05) is 4.90 Å². The molecule has 0 radical (unpaired) electrons.